The molecule has 0 unspecified atom stereocenters. The van der Waals surface area contributed by atoms with Gasteiger partial charge in [0.05, 0.1) is 17.3 Å². The van der Waals surface area contributed by atoms with Crippen molar-refractivity contribution in [3.8, 4) is 0 Å². The minimum Gasteiger partial charge on any atom is -0.325 e. The molecule has 0 aliphatic rings. The lowest BCUT2D eigenvalue weighted by Gasteiger charge is -2.22. The molecule has 0 bridgehead atoms. The molecule has 0 aliphatic heterocycles. The number of halogens is 6. The minimum atomic E-state index is -4.76. The summed E-state index contributed by atoms with van der Waals surface area (Å²) in [6.07, 6.45) is -3.63. The smallest absolute Gasteiger partial charge is 0.325 e. The van der Waals surface area contributed by atoms with Gasteiger partial charge < -0.3 is 10.6 Å². The van der Waals surface area contributed by atoms with Crippen LogP contribution in [0.4, 0.5) is 36.8 Å². The van der Waals surface area contributed by atoms with Crippen LogP contribution in [-0.2, 0) is 12.9 Å². The molecule has 3 aromatic rings. The highest BCUT2D eigenvalue weighted by Gasteiger charge is 2.37. The van der Waals surface area contributed by atoms with Gasteiger partial charge in [0, 0.05) is 18.0 Å². The number of hydrogen-bond donors (Lipinski definition) is 2. The number of carbonyl (C=O) groups excluding carboxylic acids is 1. The quantitative estimate of drug-likeness (QED) is 0.497. The van der Waals surface area contributed by atoms with Crippen molar-refractivity contribution in [3.63, 3.8) is 0 Å². The number of carbonyl (C=O) groups is 1. The minimum absolute atomic E-state index is 0.196. The number of hydrogen-bond acceptors (Lipinski definition) is 2. The van der Waals surface area contributed by atoms with Gasteiger partial charge in [-0.05, 0) is 35.4 Å². The Balaban J connectivity index is 1.97. The average Bonchev–Trinajstić information content (AvgIpc) is 2.71. The number of nitrogens with one attached hydrogen (secondary N) is 2. The number of anilines is 1. The SMILES string of the molecule is O=C(Nc1cc(F)cc(F)c1)N[C@@H](c1ccc(CF)cc1)c1ncccc1C(F)(F)F. The zero-order valence-corrected chi connectivity index (χ0v) is 15.7. The van der Waals surface area contributed by atoms with E-state index in [1.54, 1.807) is 0 Å². The summed E-state index contributed by atoms with van der Waals surface area (Å²) in [4.78, 5) is 16.2. The summed E-state index contributed by atoms with van der Waals surface area (Å²) in [5.41, 5.74) is -1.32. The summed E-state index contributed by atoms with van der Waals surface area (Å²) in [6, 6.07) is 7.23. The van der Waals surface area contributed by atoms with Gasteiger partial charge in [-0.25, -0.2) is 18.0 Å². The van der Waals surface area contributed by atoms with Crippen LogP contribution in [0.5, 0.6) is 0 Å². The summed E-state index contributed by atoms with van der Waals surface area (Å²) in [6.45, 7) is -0.776. The number of alkyl halides is 4. The first-order chi connectivity index (χ1) is 14.7. The highest BCUT2D eigenvalue weighted by molar-refractivity contribution is 5.89. The largest absolute Gasteiger partial charge is 0.418 e. The Morgan fingerprint density at radius 3 is 2.23 bits per heavy atom. The number of amides is 2. The van der Waals surface area contributed by atoms with Crippen molar-refractivity contribution >= 4 is 11.7 Å². The number of pyridine rings is 1. The van der Waals surface area contributed by atoms with Gasteiger partial charge in [0.15, 0.2) is 0 Å². The van der Waals surface area contributed by atoms with E-state index in [1.807, 2.05) is 0 Å². The number of aromatic nitrogens is 1. The summed E-state index contributed by atoms with van der Waals surface area (Å²) >= 11 is 0. The van der Waals surface area contributed by atoms with Crippen LogP contribution in [0.1, 0.15) is 28.4 Å². The standard InChI is InChI=1S/C21H15F6N3O/c22-11-12-3-5-13(6-4-12)18(19-17(21(25,26)27)2-1-7-28-19)30-20(31)29-16-9-14(23)8-15(24)10-16/h1-10,18H,11H2,(H2,29,30,31)/t18-/m0/s1. The van der Waals surface area contributed by atoms with Crippen molar-refractivity contribution in [2.75, 3.05) is 5.32 Å². The lowest BCUT2D eigenvalue weighted by molar-refractivity contribution is -0.138. The molecule has 1 atom stereocenters. The third kappa shape index (κ3) is 5.53. The van der Waals surface area contributed by atoms with Crippen molar-refractivity contribution in [3.05, 3.63) is 94.8 Å². The predicted octanol–water partition coefficient (Wildman–Crippen LogP) is 5.76. The molecule has 2 amide bonds. The van der Waals surface area contributed by atoms with Crippen LogP contribution >= 0.6 is 0 Å². The summed E-state index contributed by atoms with van der Waals surface area (Å²) in [5, 5.41) is 4.51. The molecule has 2 N–H and O–H groups in total. The fraction of sp³-hybridized carbons (Fsp3) is 0.143. The molecule has 1 aromatic heterocycles. The van der Waals surface area contributed by atoms with Crippen molar-refractivity contribution in [1.82, 2.24) is 10.3 Å². The molecular formula is C21H15F6N3O. The highest BCUT2D eigenvalue weighted by Crippen LogP contribution is 2.35. The van der Waals surface area contributed by atoms with Crippen molar-refractivity contribution in [2.45, 2.75) is 18.9 Å². The van der Waals surface area contributed by atoms with Gasteiger partial charge >= 0.3 is 12.2 Å². The van der Waals surface area contributed by atoms with Crippen LogP contribution in [0.3, 0.4) is 0 Å². The summed E-state index contributed by atoms with van der Waals surface area (Å²) in [5.74, 6) is -1.89. The first-order valence-electron chi connectivity index (χ1n) is 8.88. The molecule has 4 nitrogen and oxygen atoms in total. The molecule has 0 saturated carbocycles. The van der Waals surface area contributed by atoms with Gasteiger partial charge in [-0.1, -0.05) is 24.3 Å². The van der Waals surface area contributed by atoms with E-state index in [2.05, 4.69) is 15.6 Å². The summed E-state index contributed by atoms with van der Waals surface area (Å²) < 4.78 is 80.1. The molecular weight excluding hydrogens is 424 g/mol. The van der Waals surface area contributed by atoms with E-state index in [0.29, 0.717) is 11.6 Å². The van der Waals surface area contributed by atoms with E-state index in [0.717, 1.165) is 30.5 Å². The second-order valence-corrected chi connectivity index (χ2v) is 6.50. The number of rotatable bonds is 5. The molecule has 0 radical (unpaired) electrons. The van der Waals surface area contributed by atoms with Crippen molar-refractivity contribution in [2.24, 2.45) is 0 Å². The topological polar surface area (TPSA) is 54.0 Å². The first-order valence-corrected chi connectivity index (χ1v) is 8.88. The van der Waals surface area contributed by atoms with Gasteiger partial charge in [-0.15, -0.1) is 0 Å². The molecule has 0 spiro atoms. The second kappa shape index (κ2) is 9.07. The van der Waals surface area contributed by atoms with Crippen LogP contribution in [0, 0.1) is 11.6 Å². The van der Waals surface area contributed by atoms with E-state index in [-0.39, 0.29) is 11.3 Å². The normalized spacial score (nSPS) is 12.3. The van der Waals surface area contributed by atoms with E-state index in [9.17, 15) is 31.1 Å². The Labute approximate surface area is 172 Å². The molecule has 162 valence electrons. The Hall–Kier alpha value is -3.56. The average molecular weight is 439 g/mol. The molecule has 1 heterocycles. The zero-order chi connectivity index (χ0) is 22.6. The Morgan fingerprint density at radius 1 is 1.00 bits per heavy atom. The predicted molar refractivity (Wildman–Crippen MR) is 101 cm³/mol. The van der Waals surface area contributed by atoms with Crippen LogP contribution in [0.15, 0.2) is 60.8 Å². The first kappa shape index (κ1) is 22.1. The van der Waals surface area contributed by atoms with Gasteiger partial charge in [0.1, 0.15) is 18.3 Å². The molecule has 0 aliphatic carbocycles. The number of nitrogens with zero attached hydrogens (tertiary/aromatic N) is 1. The Bertz CT molecular complexity index is 1050. The van der Waals surface area contributed by atoms with Crippen LogP contribution in [0.25, 0.3) is 0 Å². The number of benzene rings is 2. The van der Waals surface area contributed by atoms with Gasteiger partial charge in [-0.2, -0.15) is 13.2 Å². The maximum atomic E-state index is 13.5. The molecule has 2 aromatic carbocycles. The van der Waals surface area contributed by atoms with Crippen LogP contribution < -0.4 is 10.6 Å². The highest BCUT2D eigenvalue weighted by atomic mass is 19.4. The Kier molecular flexibility index (Phi) is 6.47. The molecule has 31 heavy (non-hydrogen) atoms. The second-order valence-electron chi connectivity index (χ2n) is 6.50. The maximum absolute atomic E-state index is 13.5. The maximum Gasteiger partial charge on any atom is 0.418 e. The van der Waals surface area contributed by atoms with Crippen molar-refractivity contribution in [1.29, 1.82) is 0 Å². The molecule has 0 saturated heterocycles. The van der Waals surface area contributed by atoms with E-state index < -0.39 is 47.8 Å². The number of urea groups is 1. The zero-order valence-electron chi connectivity index (χ0n) is 15.7. The van der Waals surface area contributed by atoms with Crippen LogP contribution in [0.2, 0.25) is 0 Å². The Morgan fingerprint density at radius 2 is 1.65 bits per heavy atom. The van der Waals surface area contributed by atoms with Gasteiger partial charge in [0.25, 0.3) is 0 Å². The van der Waals surface area contributed by atoms with E-state index >= 15 is 0 Å². The molecule has 10 heteroatoms. The fourth-order valence-corrected chi connectivity index (χ4v) is 2.92. The van der Waals surface area contributed by atoms with E-state index in [4.69, 9.17) is 0 Å². The monoisotopic (exact) mass is 439 g/mol. The van der Waals surface area contributed by atoms with E-state index in [1.165, 1.54) is 24.3 Å². The van der Waals surface area contributed by atoms with Gasteiger partial charge in [0.2, 0.25) is 0 Å². The lowest BCUT2D eigenvalue weighted by Crippen LogP contribution is -2.35. The molecule has 0 fully saturated rings. The third-order valence-electron chi connectivity index (χ3n) is 4.28. The summed E-state index contributed by atoms with van der Waals surface area (Å²) in [7, 11) is 0. The fourth-order valence-electron chi connectivity index (χ4n) is 2.92. The van der Waals surface area contributed by atoms with Gasteiger partial charge in [-0.3, -0.25) is 4.98 Å². The lowest BCUT2D eigenvalue weighted by atomic mass is 9.98. The molecule has 3 rings (SSSR count). The van der Waals surface area contributed by atoms with Crippen LogP contribution in [-0.4, -0.2) is 11.0 Å². The third-order valence-corrected chi connectivity index (χ3v) is 4.28. The van der Waals surface area contributed by atoms with Crippen molar-refractivity contribution < 1.29 is 31.1 Å².